The molecule has 0 aliphatic heterocycles. The van der Waals surface area contributed by atoms with Crippen molar-refractivity contribution in [2.75, 3.05) is 0 Å². The van der Waals surface area contributed by atoms with Crippen LogP contribution in [0.4, 0.5) is 0 Å². The zero-order chi connectivity index (χ0) is 12.0. The first kappa shape index (κ1) is 10.9. The number of nitrogens with one attached hydrogen (secondary N) is 1. The fourth-order valence-corrected chi connectivity index (χ4v) is 2.24. The second-order valence-corrected chi connectivity index (χ2v) is 4.57. The Labute approximate surface area is 95.3 Å². The number of hydrogen-bond donors (Lipinski definition) is 1. The normalized spacial score (nSPS) is 11.1. The Kier molecular flexibility index (Phi) is 2.38. The van der Waals surface area contributed by atoms with Crippen LogP contribution >= 0.6 is 0 Å². The highest BCUT2D eigenvalue weighted by Gasteiger charge is 2.10. The molecule has 2 aromatic rings. The van der Waals surface area contributed by atoms with Gasteiger partial charge in [-0.2, -0.15) is 0 Å². The third-order valence-corrected chi connectivity index (χ3v) is 3.69. The average Bonchev–Trinajstić information content (AvgIpc) is 2.23. The summed E-state index contributed by atoms with van der Waals surface area (Å²) in [5.74, 6) is 0. The second-order valence-electron chi connectivity index (χ2n) is 4.57. The van der Waals surface area contributed by atoms with Crippen LogP contribution in [0.1, 0.15) is 27.8 Å². The fourth-order valence-electron chi connectivity index (χ4n) is 2.24. The van der Waals surface area contributed by atoms with Gasteiger partial charge in [0, 0.05) is 16.5 Å². The lowest BCUT2D eigenvalue weighted by Gasteiger charge is -2.12. The van der Waals surface area contributed by atoms with E-state index in [-0.39, 0.29) is 5.56 Å². The molecule has 0 aliphatic rings. The Hall–Kier alpha value is -1.57. The maximum atomic E-state index is 11.7. The van der Waals surface area contributed by atoms with E-state index in [1.807, 2.05) is 13.8 Å². The van der Waals surface area contributed by atoms with E-state index < -0.39 is 0 Å². The largest absolute Gasteiger partial charge is 0.322 e. The number of aryl methyl sites for hydroxylation is 3. The molecule has 2 nitrogen and oxygen atoms in total. The van der Waals surface area contributed by atoms with Crippen molar-refractivity contribution in [3.05, 3.63) is 44.2 Å². The van der Waals surface area contributed by atoms with Crippen molar-refractivity contribution < 1.29 is 0 Å². The van der Waals surface area contributed by atoms with Gasteiger partial charge in [-0.05, 0) is 62.9 Å². The molecule has 1 aromatic carbocycles. The molecule has 84 valence electrons. The molecule has 0 fully saturated rings. The van der Waals surface area contributed by atoms with E-state index in [9.17, 15) is 4.79 Å². The summed E-state index contributed by atoms with van der Waals surface area (Å²) >= 11 is 0. The Balaban J connectivity index is 3.09. The highest BCUT2D eigenvalue weighted by Crippen LogP contribution is 2.26. The van der Waals surface area contributed by atoms with Crippen LogP contribution in [-0.4, -0.2) is 4.98 Å². The summed E-state index contributed by atoms with van der Waals surface area (Å²) in [5.41, 5.74) is 6.69. The van der Waals surface area contributed by atoms with Crippen molar-refractivity contribution in [1.29, 1.82) is 0 Å². The Bertz CT molecular complexity index is 635. The summed E-state index contributed by atoms with van der Waals surface area (Å²) in [6.45, 7) is 10.2. The molecule has 0 amide bonds. The van der Waals surface area contributed by atoms with Gasteiger partial charge in [0.1, 0.15) is 0 Å². The van der Waals surface area contributed by atoms with Crippen LogP contribution in [0.25, 0.3) is 10.9 Å². The topological polar surface area (TPSA) is 32.9 Å². The summed E-state index contributed by atoms with van der Waals surface area (Å²) in [7, 11) is 0. The molecule has 1 N–H and O–H groups in total. The lowest BCUT2D eigenvalue weighted by molar-refractivity contribution is 1.18. The van der Waals surface area contributed by atoms with Crippen LogP contribution in [0.2, 0.25) is 0 Å². The molecular weight excluding hydrogens is 198 g/mol. The quantitative estimate of drug-likeness (QED) is 0.719. The minimum atomic E-state index is 0.0210. The molecule has 2 rings (SSSR count). The first-order valence-corrected chi connectivity index (χ1v) is 5.53. The van der Waals surface area contributed by atoms with Crippen molar-refractivity contribution >= 4 is 10.9 Å². The highest BCUT2D eigenvalue weighted by atomic mass is 16.1. The first-order chi connectivity index (χ1) is 7.43. The van der Waals surface area contributed by atoms with Gasteiger partial charge in [-0.25, -0.2) is 0 Å². The molecule has 0 aliphatic carbocycles. The molecular formula is C14H17NO. The fraction of sp³-hybridized carbons (Fsp3) is 0.357. The minimum absolute atomic E-state index is 0.0210. The average molecular weight is 215 g/mol. The lowest BCUT2D eigenvalue weighted by atomic mass is 9.95. The van der Waals surface area contributed by atoms with Crippen LogP contribution in [0.15, 0.2) is 10.9 Å². The van der Waals surface area contributed by atoms with Crippen molar-refractivity contribution in [2.45, 2.75) is 34.6 Å². The summed E-state index contributed by atoms with van der Waals surface area (Å²) in [4.78, 5) is 14.7. The number of aromatic nitrogens is 1. The molecule has 0 saturated heterocycles. The predicted molar refractivity (Wildman–Crippen MR) is 68.3 cm³/mol. The molecule has 1 heterocycles. The molecule has 0 atom stereocenters. The molecule has 0 spiro atoms. The summed E-state index contributed by atoms with van der Waals surface area (Å²) < 4.78 is 0. The van der Waals surface area contributed by atoms with Crippen molar-refractivity contribution in [3.8, 4) is 0 Å². The van der Waals surface area contributed by atoms with E-state index in [4.69, 9.17) is 0 Å². The van der Waals surface area contributed by atoms with E-state index in [1.54, 1.807) is 0 Å². The van der Waals surface area contributed by atoms with Gasteiger partial charge >= 0.3 is 0 Å². The van der Waals surface area contributed by atoms with Crippen LogP contribution in [0.3, 0.4) is 0 Å². The number of rotatable bonds is 0. The number of aromatic amines is 1. The van der Waals surface area contributed by atoms with Crippen LogP contribution < -0.4 is 5.56 Å². The third-order valence-electron chi connectivity index (χ3n) is 3.69. The molecule has 2 heteroatoms. The number of benzene rings is 1. The zero-order valence-electron chi connectivity index (χ0n) is 10.5. The number of pyridine rings is 1. The van der Waals surface area contributed by atoms with Gasteiger partial charge in [0.15, 0.2) is 0 Å². The van der Waals surface area contributed by atoms with Gasteiger partial charge in [0.2, 0.25) is 0 Å². The van der Waals surface area contributed by atoms with E-state index in [0.717, 1.165) is 16.6 Å². The van der Waals surface area contributed by atoms with E-state index in [1.165, 1.54) is 22.1 Å². The summed E-state index contributed by atoms with van der Waals surface area (Å²) in [5, 5.41) is 1.19. The maximum Gasteiger partial charge on any atom is 0.251 e. The van der Waals surface area contributed by atoms with E-state index >= 15 is 0 Å². The van der Waals surface area contributed by atoms with E-state index in [0.29, 0.717) is 0 Å². The predicted octanol–water partition coefficient (Wildman–Crippen LogP) is 3.07. The van der Waals surface area contributed by atoms with Gasteiger partial charge in [0.25, 0.3) is 5.56 Å². The molecule has 0 saturated carbocycles. The molecule has 1 aromatic heterocycles. The standard InChI is InChI=1S/C14H17NO/c1-7-6-12-13(9(3)8(7)2)10(4)11(5)14(16)15-12/h6H,1-5H3,(H,15,16). The monoisotopic (exact) mass is 215 g/mol. The van der Waals surface area contributed by atoms with Crippen LogP contribution in [-0.2, 0) is 0 Å². The Morgan fingerprint density at radius 1 is 0.875 bits per heavy atom. The molecule has 0 bridgehead atoms. The van der Waals surface area contributed by atoms with Crippen molar-refractivity contribution in [3.63, 3.8) is 0 Å². The maximum absolute atomic E-state index is 11.7. The minimum Gasteiger partial charge on any atom is -0.322 e. The smallest absolute Gasteiger partial charge is 0.251 e. The number of fused-ring (bicyclic) bond motifs is 1. The van der Waals surface area contributed by atoms with Crippen LogP contribution in [0, 0.1) is 34.6 Å². The Morgan fingerprint density at radius 3 is 2.06 bits per heavy atom. The number of H-pyrrole nitrogens is 1. The molecule has 16 heavy (non-hydrogen) atoms. The molecule has 0 unspecified atom stereocenters. The lowest BCUT2D eigenvalue weighted by Crippen LogP contribution is -2.12. The van der Waals surface area contributed by atoms with Gasteiger partial charge in [-0.1, -0.05) is 0 Å². The Morgan fingerprint density at radius 2 is 1.44 bits per heavy atom. The number of hydrogen-bond acceptors (Lipinski definition) is 1. The van der Waals surface area contributed by atoms with Gasteiger partial charge < -0.3 is 4.98 Å². The summed E-state index contributed by atoms with van der Waals surface area (Å²) in [6.07, 6.45) is 0. The van der Waals surface area contributed by atoms with Gasteiger partial charge in [0.05, 0.1) is 0 Å². The SMILES string of the molecule is Cc1cc2[nH]c(=O)c(C)c(C)c2c(C)c1C. The second kappa shape index (κ2) is 3.48. The highest BCUT2D eigenvalue weighted by molar-refractivity contribution is 5.87. The van der Waals surface area contributed by atoms with Crippen molar-refractivity contribution in [2.24, 2.45) is 0 Å². The summed E-state index contributed by atoms with van der Waals surface area (Å²) in [6, 6.07) is 2.06. The van der Waals surface area contributed by atoms with E-state index in [2.05, 4.69) is 31.8 Å². The van der Waals surface area contributed by atoms with Gasteiger partial charge in [-0.15, -0.1) is 0 Å². The first-order valence-electron chi connectivity index (χ1n) is 5.53. The zero-order valence-corrected chi connectivity index (χ0v) is 10.5. The van der Waals surface area contributed by atoms with Crippen molar-refractivity contribution in [1.82, 2.24) is 4.98 Å². The molecule has 0 radical (unpaired) electrons. The van der Waals surface area contributed by atoms with Gasteiger partial charge in [-0.3, -0.25) is 4.79 Å². The van der Waals surface area contributed by atoms with Crippen LogP contribution in [0.5, 0.6) is 0 Å². The third kappa shape index (κ3) is 1.37.